The van der Waals surface area contributed by atoms with Gasteiger partial charge in [-0.05, 0) is 51.2 Å². The highest BCUT2D eigenvalue weighted by Crippen LogP contribution is 2.37. The van der Waals surface area contributed by atoms with E-state index in [9.17, 15) is 4.79 Å². The monoisotopic (exact) mass is 260 g/mol. The Bertz CT molecular complexity index is 476. The van der Waals surface area contributed by atoms with Gasteiger partial charge >= 0.3 is 0 Å². The van der Waals surface area contributed by atoms with E-state index in [4.69, 9.17) is 5.73 Å². The molecule has 2 rings (SSSR count). The summed E-state index contributed by atoms with van der Waals surface area (Å²) in [5.41, 5.74) is 7.62. The highest BCUT2D eigenvalue weighted by molar-refractivity contribution is 5.88. The summed E-state index contributed by atoms with van der Waals surface area (Å²) < 4.78 is 0. The average molecular weight is 260 g/mol. The number of benzene rings is 1. The van der Waals surface area contributed by atoms with Gasteiger partial charge in [0.05, 0.1) is 5.41 Å². The quantitative estimate of drug-likeness (QED) is 0.875. The molecule has 3 heteroatoms. The summed E-state index contributed by atoms with van der Waals surface area (Å²) in [6.07, 6.45) is 3.04. The van der Waals surface area contributed by atoms with Crippen molar-refractivity contribution in [2.24, 2.45) is 5.73 Å². The van der Waals surface area contributed by atoms with E-state index in [1.54, 1.807) is 0 Å². The molecule has 0 spiro atoms. The van der Waals surface area contributed by atoms with Crippen LogP contribution >= 0.6 is 0 Å². The Labute approximate surface area is 115 Å². The molecule has 0 radical (unpaired) electrons. The lowest BCUT2D eigenvalue weighted by molar-refractivity contribution is -0.127. The number of hydrogen-bond donors (Lipinski definition) is 2. The number of fused-ring (bicyclic) bond motifs is 1. The first-order valence-electron chi connectivity index (χ1n) is 6.98. The Morgan fingerprint density at radius 3 is 2.79 bits per heavy atom. The number of aryl methyl sites for hydroxylation is 1. The minimum Gasteiger partial charge on any atom is -0.354 e. The van der Waals surface area contributed by atoms with E-state index in [1.165, 1.54) is 11.1 Å². The van der Waals surface area contributed by atoms with Crippen molar-refractivity contribution >= 4 is 5.91 Å². The molecule has 1 aromatic rings. The fourth-order valence-corrected chi connectivity index (χ4v) is 2.78. The van der Waals surface area contributed by atoms with E-state index in [-0.39, 0.29) is 11.4 Å². The van der Waals surface area contributed by atoms with Crippen molar-refractivity contribution in [3.05, 3.63) is 35.4 Å². The molecule has 1 aliphatic rings. The van der Waals surface area contributed by atoms with Crippen LogP contribution in [-0.4, -0.2) is 18.0 Å². The molecule has 0 saturated carbocycles. The van der Waals surface area contributed by atoms with Crippen LogP contribution in [0.5, 0.6) is 0 Å². The average Bonchev–Trinajstić information content (AvgIpc) is 2.35. The number of carbonyl (C=O) groups is 1. The standard InChI is InChI=1S/C16H24N2O/c1-15(2,17)11-18-14(19)16(3)10-6-8-12-7-4-5-9-13(12)16/h4-5,7,9H,6,8,10-11,17H2,1-3H3,(H,18,19). The van der Waals surface area contributed by atoms with Crippen molar-refractivity contribution in [3.8, 4) is 0 Å². The van der Waals surface area contributed by atoms with E-state index in [1.807, 2.05) is 32.9 Å². The second-order valence-electron chi connectivity index (χ2n) is 6.51. The summed E-state index contributed by atoms with van der Waals surface area (Å²) in [7, 11) is 0. The third-order valence-corrected chi connectivity index (χ3v) is 3.94. The zero-order valence-electron chi connectivity index (χ0n) is 12.1. The van der Waals surface area contributed by atoms with Gasteiger partial charge in [-0.2, -0.15) is 0 Å². The SMILES string of the molecule is CC(C)(N)CNC(=O)C1(C)CCCc2ccccc21. The summed E-state index contributed by atoms with van der Waals surface area (Å²) in [4.78, 5) is 12.6. The van der Waals surface area contributed by atoms with Gasteiger partial charge in [0, 0.05) is 12.1 Å². The highest BCUT2D eigenvalue weighted by Gasteiger charge is 2.38. The van der Waals surface area contributed by atoms with Crippen LogP contribution in [0, 0.1) is 0 Å². The summed E-state index contributed by atoms with van der Waals surface area (Å²) in [5.74, 6) is 0.0955. The van der Waals surface area contributed by atoms with Crippen molar-refractivity contribution in [2.75, 3.05) is 6.54 Å². The fraction of sp³-hybridized carbons (Fsp3) is 0.562. The first kappa shape index (κ1) is 14.1. The van der Waals surface area contributed by atoms with Crippen molar-refractivity contribution in [1.29, 1.82) is 0 Å². The lowest BCUT2D eigenvalue weighted by atomic mass is 9.70. The molecular weight excluding hydrogens is 236 g/mol. The Morgan fingerprint density at radius 2 is 2.11 bits per heavy atom. The summed E-state index contributed by atoms with van der Waals surface area (Å²) in [5, 5.41) is 3.01. The van der Waals surface area contributed by atoms with Crippen LogP contribution in [0.15, 0.2) is 24.3 Å². The van der Waals surface area contributed by atoms with Crippen LogP contribution in [0.1, 0.15) is 44.7 Å². The van der Waals surface area contributed by atoms with Gasteiger partial charge < -0.3 is 11.1 Å². The first-order chi connectivity index (χ1) is 8.83. The Kier molecular flexibility index (Phi) is 3.68. The predicted molar refractivity (Wildman–Crippen MR) is 78.0 cm³/mol. The largest absolute Gasteiger partial charge is 0.354 e. The minimum absolute atomic E-state index is 0.0955. The van der Waals surface area contributed by atoms with Gasteiger partial charge in [0.25, 0.3) is 0 Å². The number of carbonyl (C=O) groups excluding carboxylic acids is 1. The second kappa shape index (κ2) is 4.97. The topological polar surface area (TPSA) is 55.1 Å². The number of nitrogens with one attached hydrogen (secondary N) is 1. The van der Waals surface area contributed by atoms with Gasteiger partial charge in [-0.3, -0.25) is 4.79 Å². The van der Waals surface area contributed by atoms with Gasteiger partial charge in [-0.25, -0.2) is 0 Å². The van der Waals surface area contributed by atoms with E-state index < -0.39 is 5.41 Å². The molecule has 1 unspecified atom stereocenters. The minimum atomic E-state index is -0.417. The second-order valence-corrected chi connectivity index (χ2v) is 6.51. The van der Waals surface area contributed by atoms with Crippen molar-refractivity contribution in [1.82, 2.24) is 5.32 Å². The van der Waals surface area contributed by atoms with E-state index in [2.05, 4.69) is 17.4 Å². The smallest absolute Gasteiger partial charge is 0.230 e. The predicted octanol–water partition coefficient (Wildman–Crippen LogP) is 2.13. The van der Waals surface area contributed by atoms with Crippen molar-refractivity contribution in [3.63, 3.8) is 0 Å². The highest BCUT2D eigenvalue weighted by atomic mass is 16.2. The van der Waals surface area contributed by atoms with E-state index >= 15 is 0 Å². The molecule has 3 N–H and O–H groups in total. The molecule has 0 heterocycles. The first-order valence-corrected chi connectivity index (χ1v) is 6.98. The van der Waals surface area contributed by atoms with Crippen LogP contribution < -0.4 is 11.1 Å². The van der Waals surface area contributed by atoms with Crippen LogP contribution in [0.3, 0.4) is 0 Å². The molecule has 1 aromatic carbocycles. The third-order valence-electron chi connectivity index (χ3n) is 3.94. The zero-order chi connectivity index (χ0) is 14.1. The molecule has 0 saturated heterocycles. The van der Waals surface area contributed by atoms with Crippen LogP contribution in [0.2, 0.25) is 0 Å². The number of rotatable bonds is 3. The molecule has 104 valence electrons. The molecule has 1 atom stereocenters. The Hall–Kier alpha value is -1.35. The normalized spacial score (nSPS) is 22.7. The molecule has 0 aromatic heterocycles. The van der Waals surface area contributed by atoms with Crippen LogP contribution in [0.4, 0.5) is 0 Å². The molecule has 3 nitrogen and oxygen atoms in total. The lowest BCUT2D eigenvalue weighted by Gasteiger charge is -2.35. The number of amides is 1. The van der Waals surface area contributed by atoms with Crippen molar-refractivity contribution in [2.45, 2.75) is 51.0 Å². The molecule has 0 bridgehead atoms. The van der Waals surface area contributed by atoms with Gasteiger partial charge in [0.2, 0.25) is 5.91 Å². The van der Waals surface area contributed by atoms with Gasteiger partial charge in [-0.1, -0.05) is 24.3 Å². The number of hydrogen-bond acceptors (Lipinski definition) is 2. The van der Waals surface area contributed by atoms with Gasteiger partial charge in [0.15, 0.2) is 0 Å². The van der Waals surface area contributed by atoms with Crippen LogP contribution in [-0.2, 0) is 16.6 Å². The molecule has 0 fully saturated rings. The van der Waals surface area contributed by atoms with Gasteiger partial charge in [0.1, 0.15) is 0 Å². The number of nitrogens with two attached hydrogens (primary N) is 1. The summed E-state index contributed by atoms with van der Waals surface area (Å²) in [6.45, 7) is 6.39. The Morgan fingerprint density at radius 1 is 1.42 bits per heavy atom. The van der Waals surface area contributed by atoms with E-state index in [0.717, 1.165) is 19.3 Å². The molecule has 1 aliphatic carbocycles. The zero-order valence-corrected chi connectivity index (χ0v) is 12.1. The van der Waals surface area contributed by atoms with E-state index in [0.29, 0.717) is 6.54 Å². The summed E-state index contributed by atoms with van der Waals surface area (Å²) >= 11 is 0. The molecular formula is C16H24N2O. The maximum atomic E-state index is 12.6. The molecule has 1 amide bonds. The lowest BCUT2D eigenvalue weighted by Crippen LogP contribution is -2.51. The maximum Gasteiger partial charge on any atom is 0.230 e. The van der Waals surface area contributed by atoms with Crippen molar-refractivity contribution < 1.29 is 4.79 Å². The fourth-order valence-electron chi connectivity index (χ4n) is 2.78. The summed E-state index contributed by atoms with van der Waals surface area (Å²) in [6, 6.07) is 8.28. The third kappa shape index (κ3) is 2.98. The van der Waals surface area contributed by atoms with Gasteiger partial charge in [-0.15, -0.1) is 0 Å². The Balaban J connectivity index is 2.21. The molecule has 0 aliphatic heterocycles. The molecule has 19 heavy (non-hydrogen) atoms. The maximum absolute atomic E-state index is 12.6. The van der Waals surface area contributed by atoms with Crippen LogP contribution in [0.25, 0.3) is 0 Å².